The molecule has 2 atom stereocenters. The van der Waals surface area contributed by atoms with E-state index in [1.165, 1.54) is 19.6 Å². The van der Waals surface area contributed by atoms with Crippen LogP contribution in [0, 0.1) is 11.7 Å². The second kappa shape index (κ2) is 6.19. The largest absolute Gasteiger partial charge is 0.497 e. The molecule has 0 spiro atoms. The zero-order chi connectivity index (χ0) is 13.0. The SMILES string of the molecule is COc1ccc(CC2CCCCCC2O)c(F)c1. The molecule has 3 heteroatoms. The van der Waals surface area contributed by atoms with Crippen molar-refractivity contribution in [2.45, 2.75) is 44.6 Å². The van der Waals surface area contributed by atoms with E-state index in [4.69, 9.17) is 4.74 Å². The first-order valence-corrected chi connectivity index (χ1v) is 6.71. The molecule has 0 saturated heterocycles. The number of benzene rings is 1. The molecular formula is C15H21FO2. The van der Waals surface area contributed by atoms with Gasteiger partial charge < -0.3 is 9.84 Å². The summed E-state index contributed by atoms with van der Waals surface area (Å²) in [6, 6.07) is 4.96. The van der Waals surface area contributed by atoms with Gasteiger partial charge in [-0.3, -0.25) is 0 Å². The molecule has 0 radical (unpaired) electrons. The van der Waals surface area contributed by atoms with Gasteiger partial charge in [0, 0.05) is 6.07 Å². The minimum absolute atomic E-state index is 0.190. The van der Waals surface area contributed by atoms with E-state index in [-0.39, 0.29) is 17.8 Å². The lowest BCUT2D eigenvalue weighted by molar-refractivity contribution is 0.100. The van der Waals surface area contributed by atoms with E-state index >= 15 is 0 Å². The average Bonchev–Trinajstić information content (AvgIpc) is 2.57. The smallest absolute Gasteiger partial charge is 0.130 e. The predicted molar refractivity (Wildman–Crippen MR) is 69.2 cm³/mol. The summed E-state index contributed by atoms with van der Waals surface area (Å²) in [5, 5.41) is 10.1. The molecule has 100 valence electrons. The van der Waals surface area contributed by atoms with Crippen LogP contribution in [0.2, 0.25) is 0 Å². The first kappa shape index (κ1) is 13.3. The van der Waals surface area contributed by atoms with Crippen LogP contribution in [-0.2, 0) is 6.42 Å². The summed E-state index contributed by atoms with van der Waals surface area (Å²) in [5.41, 5.74) is 0.682. The van der Waals surface area contributed by atoms with Crippen LogP contribution in [0.5, 0.6) is 5.75 Å². The van der Waals surface area contributed by atoms with Gasteiger partial charge >= 0.3 is 0 Å². The molecule has 2 nitrogen and oxygen atoms in total. The van der Waals surface area contributed by atoms with Crippen molar-refractivity contribution in [1.82, 2.24) is 0 Å². The van der Waals surface area contributed by atoms with Gasteiger partial charge in [-0.05, 0) is 36.8 Å². The van der Waals surface area contributed by atoms with Crippen LogP contribution in [0.1, 0.15) is 37.7 Å². The molecule has 1 aromatic rings. The van der Waals surface area contributed by atoms with Crippen molar-refractivity contribution in [2.75, 3.05) is 7.11 Å². The molecule has 0 bridgehead atoms. The van der Waals surface area contributed by atoms with Crippen LogP contribution in [0.4, 0.5) is 4.39 Å². The van der Waals surface area contributed by atoms with E-state index in [1.54, 1.807) is 12.1 Å². The molecule has 2 rings (SSSR count). The van der Waals surface area contributed by atoms with Crippen LogP contribution in [0.3, 0.4) is 0 Å². The highest BCUT2D eigenvalue weighted by Gasteiger charge is 2.22. The average molecular weight is 252 g/mol. The zero-order valence-corrected chi connectivity index (χ0v) is 10.9. The Morgan fingerprint density at radius 1 is 1.28 bits per heavy atom. The molecule has 1 aliphatic rings. The molecule has 0 aliphatic heterocycles. The Labute approximate surface area is 108 Å². The minimum Gasteiger partial charge on any atom is -0.497 e. The maximum atomic E-state index is 13.9. The summed E-state index contributed by atoms with van der Waals surface area (Å²) in [6.45, 7) is 0. The van der Waals surface area contributed by atoms with E-state index in [9.17, 15) is 9.50 Å². The number of aliphatic hydroxyl groups excluding tert-OH is 1. The molecule has 18 heavy (non-hydrogen) atoms. The molecule has 1 saturated carbocycles. The van der Waals surface area contributed by atoms with Crippen molar-refractivity contribution in [1.29, 1.82) is 0 Å². The fourth-order valence-electron chi connectivity index (χ4n) is 2.71. The van der Waals surface area contributed by atoms with Crippen molar-refractivity contribution in [3.63, 3.8) is 0 Å². The number of hydrogen-bond acceptors (Lipinski definition) is 2. The topological polar surface area (TPSA) is 29.5 Å². The Balaban J connectivity index is 2.07. The monoisotopic (exact) mass is 252 g/mol. The molecule has 1 aromatic carbocycles. The molecule has 1 aliphatic carbocycles. The lowest BCUT2D eigenvalue weighted by Crippen LogP contribution is -2.21. The third kappa shape index (κ3) is 3.22. The molecule has 1 N–H and O–H groups in total. The fraction of sp³-hybridized carbons (Fsp3) is 0.600. The number of aliphatic hydroxyl groups is 1. The zero-order valence-electron chi connectivity index (χ0n) is 10.9. The van der Waals surface area contributed by atoms with E-state index < -0.39 is 0 Å². The second-order valence-corrected chi connectivity index (χ2v) is 5.13. The molecule has 0 heterocycles. The van der Waals surface area contributed by atoms with Crippen LogP contribution in [-0.4, -0.2) is 18.3 Å². The Bertz CT molecular complexity index is 392. The van der Waals surface area contributed by atoms with Gasteiger partial charge in [-0.2, -0.15) is 0 Å². The third-order valence-electron chi connectivity index (χ3n) is 3.86. The molecule has 0 amide bonds. The first-order valence-electron chi connectivity index (χ1n) is 6.71. The number of hydrogen-bond donors (Lipinski definition) is 1. The van der Waals surface area contributed by atoms with Crippen molar-refractivity contribution >= 4 is 0 Å². The Morgan fingerprint density at radius 2 is 2.06 bits per heavy atom. The van der Waals surface area contributed by atoms with Gasteiger partial charge in [-0.25, -0.2) is 4.39 Å². The minimum atomic E-state index is -0.283. The normalized spacial score (nSPS) is 24.6. The third-order valence-corrected chi connectivity index (χ3v) is 3.86. The maximum Gasteiger partial charge on any atom is 0.130 e. The first-order chi connectivity index (χ1) is 8.70. The van der Waals surface area contributed by atoms with Crippen molar-refractivity contribution in [3.8, 4) is 5.75 Å². The van der Waals surface area contributed by atoms with Crippen LogP contribution in [0.15, 0.2) is 18.2 Å². The Hall–Kier alpha value is -1.09. The number of methoxy groups -OCH3 is 1. The van der Waals surface area contributed by atoms with Gasteiger partial charge in [-0.1, -0.05) is 25.3 Å². The van der Waals surface area contributed by atoms with E-state index in [1.807, 2.05) is 0 Å². The Kier molecular flexibility index (Phi) is 4.59. The van der Waals surface area contributed by atoms with Gasteiger partial charge in [0.05, 0.1) is 13.2 Å². The highest BCUT2D eigenvalue weighted by atomic mass is 19.1. The van der Waals surface area contributed by atoms with Crippen molar-refractivity contribution < 1.29 is 14.2 Å². The highest BCUT2D eigenvalue weighted by Crippen LogP contribution is 2.28. The maximum absolute atomic E-state index is 13.9. The van der Waals surface area contributed by atoms with E-state index in [2.05, 4.69) is 0 Å². The number of halogens is 1. The molecule has 2 unspecified atom stereocenters. The molecule has 1 fully saturated rings. The van der Waals surface area contributed by atoms with Gasteiger partial charge in [0.1, 0.15) is 11.6 Å². The van der Waals surface area contributed by atoms with Gasteiger partial charge in [0.25, 0.3) is 0 Å². The standard InChI is InChI=1S/C15H21FO2/c1-18-13-8-7-11(14(16)10-13)9-12-5-3-2-4-6-15(12)17/h7-8,10,12,15,17H,2-6,9H2,1H3. The number of rotatable bonds is 3. The lowest BCUT2D eigenvalue weighted by atomic mass is 9.90. The van der Waals surface area contributed by atoms with E-state index in [0.717, 1.165) is 25.7 Å². The summed E-state index contributed by atoms with van der Waals surface area (Å²) in [6.07, 6.45) is 5.58. The molecule has 0 aromatic heterocycles. The molecular weight excluding hydrogens is 231 g/mol. The summed E-state index contributed by atoms with van der Waals surface area (Å²) in [4.78, 5) is 0. The van der Waals surface area contributed by atoms with E-state index in [0.29, 0.717) is 17.7 Å². The summed E-state index contributed by atoms with van der Waals surface area (Å²) >= 11 is 0. The van der Waals surface area contributed by atoms with Gasteiger partial charge in [0.2, 0.25) is 0 Å². The van der Waals surface area contributed by atoms with Crippen molar-refractivity contribution in [2.24, 2.45) is 5.92 Å². The Morgan fingerprint density at radius 3 is 2.78 bits per heavy atom. The van der Waals surface area contributed by atoms with Crippen LogP contribution in [0.25, 0.3) is 0 Å². The second-order valence-electron chi connectivity index (χ2n) is 5.13. The quantitative estimate of drug-likeness (QED) is 0.836. The van der Waals surface area contributed by atoms with Gasteiger partial charge in [0.15, 0.2) is 0 Å². The van der Waals surface area contributed by atoms with Crippen LogP contribution < -0.4 is 4.74 Å². The fourth-order valence-corrected chi connectivity index (χ4v) is 2.71. The summed E-state index contributed by atoms with van der Waals surface area (Å²) < 4.78 is 18.9. The van der Waals surface area contributed by atoms with Crippen LogP contribution >= 0.6 is 0 Å². The lowest BCUT2D eigenvalue weighted by Gasteiger charge is -2.20. The summed E-state index contributed by atoms with van der Waals surface area (Å²) in [7, 11) is 1.53. The number of ether oxygens (including phenoxy) is 1. The summed E-state index contributed by atoms with van der Waals surface area (Å²) in [5.74, 6) is 0.499. The predicted octanol–water partition coefficient (Wildman–Crippen LogP) is 3.32. The van der Waals surface area contributed by atoms with Crippen molar-refractivity contribution in [3.05, 3.63) is 29.6 Å². The van der Waals surface area contributed by atoms with Gasteiger partial charge in [-0.15, -0.1) is 0 Å². The highest BCUT2D eigenvalue weighted by molar-refractivity contribution is 5.29.